The summed E-state index contributed by atoms with van der Waals surface area (Å²) in [4.78, 5) is 11.4. The number of thioether (sulfide) groups is 1. The van der Waals surface area contributed by atoms with Crippen LogP contribution < -0.4 is 0 Å². The lowest BCUT2D eigenvalue weighted by Crippen LogP contribution is -2.03. The summed E-state index contributed by atoms with van der Waals surface area (Å²) in [6, 6.07) is 1.72. The summed E-state index contributed by atoms with van der Waals surface area (Å²) in [6.45, 7) is 3.93. The molecule has 1 aromatic rings. The fourth-order valence-electron chi connectivity index (χ4n) is 1.34. The molecular formula is C12H18O4S. The molecule has 96 valence electrons. The third kappa shape index (κ3) is 4.09. The van der Waals surface area contributed by atoms with Gasteiger partial charge in [0.15, 0.2) is 0 Å². The minimum atomic E-state index is -0.369. The van der Waals surface area contributed by atoms with E-state index in [1.165, 1.54) is 7.11 Å². The molecule has 0 fully saturated rings. The van der Waals surface area contributed by atoms with E-state index in [1.54, 1.807) is 24.8 Å². The van der Waals surface area contributed by atoms with Crippen molar-refractivity contribution in [3.8, 4) is 0 Å². The number of carbonyl (C=O) groups is 1. The van der Waals surface area contributed by atoms with E-state index < -0.39 is 0 Å². The fourth-order valence-corrected chi connectivity index (χ4v) is 2.31. The van der Waals surface area contributed by atoms with Crippen LogP contribution in [0.2, 0.25) is 0 Å². The second kappa shape index (κ2) is 6.71. The Bertz CT molecular complexity index is 373. The van der Waals surface area contributed by atoms with Gasteiger partial charge in [-0.05, 0) is 24.7 Å². The number of hydrogen-bond donors (Lipinski definition) is 1. The van der Waals surface area contributed by atoms with Crippen LogP contribution in [0.5, 0.6) is 0 Å². The molecule has 0 bridgehead atoms. The van der Waals surface area contributed by atoms with Crippen LogP contribution in [0, 0.1) is 12.8 Å². The van der Waals surface area contributed by atoms with Crippen molar-refractivity contribution in [1.82, 2.24) is 0 Å². The van der Waals surface area contributed by atoms with E-state index in [9.17, 15) is 4.79 Å². The van der Waals surface area contributed by atoms with Crippen LogP contribution in [-0.4, -0.2) is 30.5 Å². The molecule has 1 atom stereocenters. The summed E-state index contributed by atoms with van der Waals surface area (Å²) in [7, 11) is 1.35. The molecule has 0 amide bonds. The van der Waals surface area contributed by atoms with Crippen LogP contribution >= 0.6 is 11.8 Å². The number of ether oxygens (including phenoxy) is 1. The van der Waals surface area contributed by atoms with Gasteiger partial charge in [-0.25, -0.2) is 4.79 Å². The summed E-state index contributed by atoms with van der Waals surface area (Å²) in [6.07, 6.45) is 0. The molecule has 0 aromatic carbocycles. The Morgan fingerprint density at radius 3 is 2.94 bits per heavy atom. The first-order valence-corrected chi connectivity index (χ1v) is 6.60. The molecule has 1 rings (SSSR count). The maximum absolute atomic E-state index is 11.4. The molecule has 1 aromatic heterocycles. The number of furan rings is 1. The van der Waals surface area contributed by atoms with Gasteiger partial charge in [0.05, 0.1) is 12.9 Å². The zero-order chi connectivity index (χ0) is 12.8. The van der Waals surface area contributed by atoms with E-state index in [0.717, 1.165) is 11.5 Å². The van der Waals surface area contributed by atoms with Crippen molar-refractivity contribution in [1.29, 1.82) is 0 Å². The number of esters is 1. The SMILES string of the molecule is COC(=O)c1cc(CSCC(C)CO)oc1C. The minimum Gasteiger partial charge on any atom is -0.465 e. The van der Waals surface area contributed by atoms with Crippen molar-refractivity contribution >= 4 is 17.7 Å². The number of aryl methyl sites for hydroxylation is 1. The normalized spacial score (nSPS) is 12.5. The molecule has 1 N–H and O–H groups in total. The summed E-state index contributed by atoms with van der Waals surface area (Å²) in [5.41, 5.74) is 0.485. The monoisotopic (exact) mass is 258 g/mol. The number of aliphatic hydroxyl groups excluding tert-OH is 1. The van der Waals surface area contributed by atoms with Gasteiger partial charge >= 0.3 is 5.97 Å². The van der Waals surface area contributed by atoms with Gasteiger partial charge in [-0.15, -0.1) is 0 Å². The number of rotatable bonds is 6. The average Bonchev–Trinajstić information content (AvgIpc) is 2.69. The molecule has 0 aliphatic carbocycles. The van der Waals surface area contributed by atoms with E-state index in [0.29, 0.717) is 17.1 Å². The second-order valence-electron chi connectivity index (χ2n) is 3.98. The quantitative estimate of drug-likeness (QED) is 0.793. The van der Waals surface area contributed by atoms with Gasteiger partial charge in [0.1, 0.15) is 17.1 Å². The van der Waals surface area contributed by atoms with Crippen LogP contribution in [0.1, 0.15) is 28.8 Å². The predicted molar refractivity (Wildman–Crippen MR) is 67.2 cm³/mol. The van der Waals surface area contributed by atoms with Crippen LogP contribution in [-0.2, 0) is 10.5 Å². The molecule has 1 heterocycles. The van der Waals surface area contributed by atoms with Crippen molar-refractivity contribution in [2.24, 2.45) is 5.92 Å². The topological polar surface area (TPSA) is 59.7 Å². The number of aliphatic hydroxyl groups is 1. The Hall–Kier alpha value is -0.940. The van der Waals surface area contributed by atoms with Crippen molar-refractivity contribution in [3.05, 3.63) is 23.2 Å². The number of hydrogen-bond acceptors (Lipinski definition) is 5. The van der Waals surface area contributed by atoms with Gasteiger partial charge in [0, 0.05) is 6.61 Å². The Morgan fingerprint density at radius 1 is 1.65 bits per heavy atom. The molecule has 0 aliphatic rings. The second-order valence-corrected chi connectivity index (χ2v) is 5.01. The summed E-state index contributed by atoms with van der Waals surface area (Å²) >= 11 is 1.67. The highest BCUT2D eigenvalue weighted by Gasteiger charge is 2.15. The molecule has 0 saturated heterocycles. The Kier molecular flexibility index (Phi) is 5.58. The zero-order valence-electron chi connectivity index (χ0n) is 10.4. The lowest BCUT2D eigenvalue weighted by Gasteiger charge is -2.05. The highest BCUT2D eigenvalue weighted by Crippen LogP contribution is 2.21. The average molecular weight is 258 g/mol. The Labute approximate surface area is 105 Å². The summed E-state index contributed by atoms with van der Waals surface area (Å²) < 4.78 is 10.1. The summed E-state index contributed by atoms with van der Waals surface area (Å²) in [5.74, 6) is 2.81. The Balaban J connectivity index is 2.53. The molecular weight excluding hydrogens is 240 g/mol. The van der Waals surface area contributed by atoms with Crippen molar-refractivity contribution in [3.63, 3.8) is 0 Å². The first-order valence-electron chi connectivity index (χ1n) is 5.44. The van der Waals surface area contributed by atoms with Gasteiger partial charge < -0.3 is 14.3 Å². The van der Waals surface area contributed by atoms with E-state index in [-0.39, 0.29) is 18.5 Å². The molecule has 0 aliphatic heterocycles. The third-order valence-electron chi connectivity index (χ3n) is 2.33. The van der Waals surface area contributed by atoms with Crippen molar-refractivity contribution in [2.75, 3.05) is 19.5 Å². The highest BCUT2D eigenvalue weighted by atomic mass is 32.2. The van der Waals surface area contributed by atoms with Gasteiger partial charge in [-0.2, -0.15) is 11.8 Å². The van der Waals surface area contributed by atoms with Crippen molar-refractivity contribution < 1.29 is 19.1 Å². The molecule has 17 heavy (non-hydrogen) atoms. The maximum atomic E-state index is 11.4. The zero-order valence-corrected chi connectivity index (χ0v) is 11.2. The van der Waals surface area contributed by atoms with Crippen LogP contribution in [0.25, 0.3) is 0 Å². The molecule has 1 unspecified atom stereocenters. The van der Waals surface area contributed by atoms with Crippen LogP contribution in [0.4, 0.5) is 0 Å². The largest absolute Gasteiger partial charge is 0.465 e. The highest BCUT2D eigenvalue weighted by molar-refractivity contribution is 7.98. The fraction of sp³-hybridized carbons (Fsp3) is 0.583. The number of carbonyl (C=O) groups excluding carboxylic acids is 1. The molecule has 0 spiro atoms. The van der Waals surface area contributed by atoms with Gasteiger partial charge in [-0.1, -0.05) is 6.92 Å². The van der Waals surface area contributed by atoms with Gasteiger partial charge in [0.25, 0.3) is 0 Å². The first-order chi connectivity index (χ1) is 8.08. The van der Waals surface area contributed by atoms with E-state index >= 15 is 0 Å². The molecule has 0 radical (unpaired) electrons. The summed E-state index contributed by atoms with van der Waals surface area (Å²) in [5, 5.41) is 8.89. The standard InChI is InChI=1S/C12H18O4S/c1-8(5-13)6-17-7-10-4-11(9(2)16-10)12(14)15-3/h4,8,13H,5-7H2,1-3H3. The van der Waals surface area contributed by atoms with Crippen LogP contribution in [0.3, 0.4) is 0 Å². The van der Waals surface area contributed by atoms with Gasteiger partial charge in [0.2, 0.25) is 0 Å². The van der Waals surface area contributed by atoms with E-state index in [4.69, 9.17) is 9.52 Å². The van der Waals surface area contributed by atoms with E-state index in [2.05, 4.69) is 4.74 Å². The van der Waals surface area contributed by atoms with Crippen molar-refractivity contribution in [2.45, 2.75) is 19.6 Å². The lowest BCUT2D eigenvalue weighted by molar-refractivity contribution is 0.0599. The van der Waals surface area contributed by atoms with Gasteiger partial charge in [-0.3, -0.25) is 0 Å². The molecule has 0 saturated carbocycles. The minimum absolute atomic E-state index is 0.192. The Morgan fingerprint density at radius 2 is 2.35 bits per heavy atom. The smallest absolute Gasteiger partial charge is 0.341 e. The van der Waals surface area contributed by atoms with Crippen LogP contribution in [0.15, 0.2) is 10.5 Å². The first kappa shape index (κ1) is 14.1. The molecule has 5 heteroatoms. The number of methoxy groups -OCH3 is 1. The maximum Gasteiger partial charge on any atom is 0.341 e. The predicted octanol–water partition coefficient (Wildman–Crippen LogP) is 2.24. The molecule has 4 nitrogen and oxygen atoms in total. The third-order valence-corrected chi connectivity index (χ3v) is 3.63. The van der Waals surface area contributed by atoms with E-state index in [1.807, 2.05) is 6.92 Å². The lowest BCUT2D eigenvalue weighted by atomic mass is 10.2.